The number of rotatable bonds is 12. The minimum absolute atomic E-state index is 0.00108. The molecule has 41 heavy (non-hydrogen) atoms. The predicted molar refractivity (Wildman–Crippen MR) is 159 cm³/mol. The third-order valence-corrected chi connectivity index (χ3v) is 8.26. The highest BCUT2D eigenvalue weighted by Crippen LogP contribution is 2.35. The highest BCUT2D eigenvalue weighted by molar-refractivity contribution is 6.30. The van der Waals surface area contributed by atoms with E-state index in [4.69, 9.17) is 11.6 Å². The number of urea groups is 1. The molecule has 2 aromatic rings. The van der Waals surface area contributed by atoms with Gasteiger partial charge in [0.25, 0.3) is 5.91 Å². The molecular formula is C32H41ClN4O4. The van der Waals surface area contributed by atoms with Gasteiger partial charge in [-0.1, -0.05) is 62.6 Å². The normalized spacial score (nSPS) is 18.7. The number of carbonyl (C=O) groups excluding carboxylic acids is 4. The molecule has 1 aliphatic carbocycles. The molecule has 0 radical (unpaired) electrons. The van der Waals surface area contributed by atoms with Gasteiger partial charge in [-0.15, -0.1) is 0 Å². The summed E-state index contributed by atoms with van der Waals surface area (Å²) >= 11 is 5.93. The standard InChI is InChI=1S/C32H41ClN4O4/c1-3-19-35(20-4-2)29(38)22-36-28-8-6-5-7-27(28)31(40)37(32(36)41)21-24-9-13-25(14-10-24)30(39)34-18-17-23-11-15-26(33)16-12-23/h9-16,27-28H,3-8,17-22H2,1-2H3,(H,34,39). The van der Waals surface area contributed by atoms with E-state index in [-0.39, 0.29) is 42.8 Å². The smallest absolute Gasteiger partial charge is 0.327 e. The summed E-state index contributed by atoms with van der Waals surface area (Å²) in [6.07, 6.45) is 5.75. The molecule has 2 atom stereocenters. The van der Waals surface area contributed by atoms with Crippen LogP contribution < -0.4 is 5.32 Å². The first-order valence-electron chi connectivity index (χ1n) is 14.8. The molecule has 1 N–H and O–H groups in total. The molecule has 9 heteroatoms. The number of nitrogens with one attached hydrogen (secondary N) is 1. The second-order valence-corrected chi connectivity index (χ2v) is 11.4. The molecule has 0 spiro atoms. The van der Waals surface area contributed by atoms with Crippen molar-refractivity contribution in [3.05, 3.63) is 70.2 Å². The number of hydrogen-bond acceptors (Lipinski definition) is 4. The Morgan fingerprint density at radius 1 is 0.927 bits per heavy atom. The van der Waals surface area contributed by atoms with Crippen molar-refractivity contribution >= 4 is 35.4 Å². The van der Waals surface area contributed by atoms with E-state index in [0.717, 1.165) is 49.7 Å². The maximum absolute atomic E-state index is 13.7. The van der Waals surface area contributed by atoms with E-state index in [2.05, 4.69) is 5.32 Å². The first kappa shape index (κ1) is 30.6. The van der Waals surface area contributed by atoms with E-state index in [1.807, 2.05) is 43.0 Å². The van der Waals surface area contributed by atoms with Gasteiger partial charge in [0, 0.05) is 36.3 Å². The lowest BCUT2D eigenvalue weighted by atomic mass is 9.81. The van der Waals surface area contributed by atoms with Crippen molar-refractivity contribution in [3.8, 4) is 0 Å². The second kappa shape index (κ2) is 14.5. The molecule has 8 nitrogen and oxygen atoms in total. The van der Waals surface area contributed by atoms with Crippen molar-refractivity contribution in [1.29, 1.82) is 0 Å². The number of amides is 5. The zero-order chi connectivity index (χ0) is 29.4. The van der Waals surface area contributed by atoms with Crippen LogP contribution in [-0.2, 0) is 22.6 Å². The van der Waals surface area contributed by atoms with Crippen LogP contribution in [0.4, 0.5) is 4.79 Å². The molecule has 0 bridgehead atoms. The molecule has 1 saturated heterocycles. The highest BCUT2D eigenvalue weighted by Gasteiger charge is 2.47. The monoisotopic (exact) mass is 580 g/mol. The van der Waals surface area contributed by atoms with Gasteiger partial charge in [0.05, 0.1) is 12.5 Å². The molecule has 1 aliphatic heterocycles. The van der Waals surface area contributed by atoms with Gasteiger partial charge >= 0.3 is 6.03 Å². The first-order valence-corrected chi connectivity index (χ1v) is 15.2. The van der Waals surface area contributed by atoms with Crippen molar-refractivity contribution < 1.29 is 19.2 Å². The van der Waals surface area contributed by atoms with Crippen LogP contribution in [0.1, 0.15) is 73.9 Å². The summed E-state index contributed by atoms with van der Waals surface area (Å²) in [6, 6.07) is 13.9. The number of benzene rings is 2. The van der Waals surface area contributed by atoms with Gasteiger partial charge in [0.1, 0.15) is 6.54 Å². The number of hydrogen-bond donors (Lipinski definition) is 1. The third kappa shape index (κ3) is 7.67. The molecule has 0 aromatic heterocycles. The lowest BCUT2D eigenvalue weighted by molar-refractivity contribution is -0.144. The lowest BCUT2D eigenvalue weighted by Crippen LogP contribution is -2.63. The summed E-state index contributed by atoms with van der Waals surface area (Å²) in [6.45, 7) is 5.99. The third-order valence-electron chi connectivity index (χ3n) is 8.00. The Morgan fingerprint density at radius 2 is 1.56 bits per heavy atom. The largest absolute Gasteiger partial charge is 0.352 e. The van der Waals surface area contributed by atoms with Gasteiger partial charge < -0.3 is 15.1 Å². The van der Waals surface area contributed by atoms with Crippen LogP contribution in [0.2, 0.25) is 5.02 Å². The predicted octanol–water partition coefficient (Wildman–Crippen LogP) is 5.28. The van der Waals surface area contributed by atoms with Crippen molar-refractivity contribution in [2.75, 3.05) is 26.2 Å². The lowest BCUT2D eigenvalue weighted by Gasteiger charge is -2.47. The van der Waals surface area contributed by atoms with Crippen LogP contribution in [0.3, 0.4) is 0 Å². The maximum Gasteiger partial charge on any atom is 0.327 e. The van der Waals surface area contributed by atoms with E-state index < -0.39 is 6.03 Å². The van der Waals surface area contributed by atoms with E-state index in [0.29, 0.717) is 36.6 Å². The van der Waals surface area contributed by atoms with Gasteiger partial charge in [0.15, 0.2) is 0 Å². The van der Waals surface area contributed by atoms with Crippen LogP contribution in [0.5, 0.6) is 0 Å². The van der Waals surface area contributed by atoms with E-state index in [1.54, 1.807) is 29.2 Å². The Morgan fingerprint density at radius 3 is 2.22 bits per heavy atom. The summed E-state index contributed by atoms with van der Waals surface area (Å²) in [5, 5.41) is 3.60. The molecule has 2 unspecified atom stereocenters. The molecule has 220 valence electrons. The van der Waals surface area contributed by atoms with Crippen LogP contribution in [-0.4, -0.2) is 70.7 Å². The number of halogens is 1. The minimum Gasteiger partial charge on any atom is -0.352 e. The molecular weight excluding hydrogens is 540 g/mol. The topological polar surface area (TPSA) is 90.0 Å². The summed E-state index contributed by atoms with van der Waals surface area (Å²) in [5.74, 6) is -0.696. The molecule has 1 heterocycles. The van der Waals surface area contributed by atoms with Crippen molar-refractivity contribution in [1.82, 2.24) is 20.0 Å². The molecule has 4 rings (SSSR count). The van der Waals surface area contributed by atoms with E-state index >= 15 is 0 Å². The van der Waals surface area contributed by atoms with E-state index in [1.165, 1.54) is 4.90 Å². The summed E-state index contributed by atoms with van der Waals surface area (Å²) in [5.41, 5.74) is 2.34. The number of nitrogens with zero attached hydrogens (tertiary/aromatic N) is 3. The Labute approximate surface area is 248 Å². The van der Waals surface area contributed by atoms with Gasteiger partial charge in [-0.25, -0.2) is 4.79 Å². The summed E-state index contributed by atoms with van der Waals surface area (Å²) < 4.78 is 0. The fourth-order valence-electron chi connectivity index (χ4n) is 5.86. The quantitative estimate of drug-likeness (QED) is 0.370. The molecule has 2 fully saturated rings. The Bertz CT molecular complexity index is 1210. The minimum atomic E-state index is -0.400. The Kier molecular flexibility index (Phi) is 10.8. The van der Waals surface area contributed by atoms with Gasteiger partial charge in [0.2, 0.25) is 11.8 Å². The van der Waals surface area contributed by atoms with Gasteiger partial charge in [-0.3, -0.25) is 19.3 Å². The zero-order valence-electron chi connectivity index (χ0n) is 24.1. The van der Waals surface area contributed by atoms with Crippen molar-refractivity contribution in [2.24, 2.45) is 5.92 Å². The highest BCUT2D eigenvalue weighted by atomic mass is 35.5. The van der Waals surface area contributed by atoms with Crippen LogP contribution >= 0.6 is 11.6 Å². The molecule has 2 aliphatic rings. The number of carbonyl (C=O) groups is 4. The average Bonchev–Trinajstić information content (AvgIpc) is 2.98. The van der Waals surface area contributed by atoms with Crippen LogP contribution in [0.15, 0.2) is 48.5 Å². The second-order valence-electron chi connectivity index (χ2n) is 11.0. The zero-order valence-corrected chi connectivity index (χ0v) is 24.9. The van der Waals surface area contributed by atoms with E-state index in [9.17, 15) is 19.2 Å². The summed E-state index contributed by atoms with van der Waals surface area (Å²) in [4.78, 5) is 57.8. The SMILES string of the molecule is CCCN(CCC)C(=O)CN1C(=O)N(Cc2ccc(C(=O)NCCc3ccc(Cl)cc3)cc2)C(=O)C2CCCCC21. The van der Waals surface area contributed by atoms with Crippen LogP contribution in [0, 0.1) is 5.92 Å². The maximum atomic E-state index is 13.7. The fraction of sp³-hybridized carbons (Fsp3) is 0.500. The van der Waals surface area contributed by atoms with Crippen LogP contribution in [0.25, 0.3) is 0 Å². The van der Waals surface area contributed by atoms with Crippen molar-refractivity contribution in [3.63, 3.8) is 0 Å². The molecule has 1 saturated carbocycles. The molecule has 5 amide bonds. The number of fused-ring (bicyclic) bond motifs is 1. The van der Waals surface area contributed by atoms with Crippen molar-refractivity contribution in [2.45, 2.75) is 71.4 Å². The fourth-order valence-corrected chi connectivity index (χ4v) is 5.98. The molecule has 2 aromatic carbocycles. The first-order chi connectivity index (χ1) is 19.8. The van der Waals surface area contributed by atoms with Gasteiger partial charge in [-0.05, 0) is 67.5 Å². The summed E-state index contributed by atoms with van der Waals surface area (Å²) in [7, 11) is 0. The Hall–Kier alpha value is -3.39. The Balaban J connectivity index is 1.40. The number of imide groups is 1. The van der Waals surface area contributed by atoms with Gasteiger partial charge in [-0.2, -0.15) is 0 Å². The average molecular weight is 581 g/mol.